The molecule has 0 heterocycles. The standard InChI is InChI=1S/C23H28N4O5/c1-4-16(2)26-22(29)23(30)27-25-14-18-11-8-12-19(31-3)21(18)32-15-20(28)24-13-17-9-6-5-7-10-17/h5-12,14,16H,4,13,15H2,1-3H3,(H,24,28)(H,26,29)(H,27,30)/b25-14-/t16-/m0/s1. The molecule has 3 amide bonds. The summed E-state index contributed by atoms with van der Waals surface area (Å²) in [6.07, 6.45) is 2.01. The highest BCUT2D eigenvalue weighted by Crippen LogP contribution is 2.30. The fraction of sp³-hybridized carbons (Fsp3) is 0.304. The smallest absolute Gasteiger partial charge is 0.329 e. The van der Waals surface area contributed by atoms with Crippen molar-refractivity contribution in [2.24, 2.45) is 5.10 Å². The quantitative estimate of drug-likeness (QED) is 0.296. The van der Waals surface area contributed by atoms with Crippen LogP contribution in [0.15, 0.2) is 53.6 Å². The van der Waals surface area contributed by atoms with Crippen LogP contribution < -0.4 is 25.5 Å². The van der Waals surface area contributed by atoms with E-state index in [1.54, 1.807) is 25.1 Å². The summed E-state index contributed by atoms with van der Waals surface area (Å²) in [4.78, 5) is 35.8. The number of nitrogens with one attached hydrogen (secondary N) is 3. The molecule has 32 heavy (non-hydrogen) atoms. The lowest BCUT2D eigenvalue weighted by Gasteiger charge is -2.13. The molecule has 2 aromatic rings. The molecule has 3 N–H and O–H groups in total. The molecule has 0 aromatic heterocycles. The van der Waals surface area contributed by atoms with Crippen LogP contribution in [-0.4, -0.2) is 43.7 Å². The van der Waals surface area contributed by atoms with Gasteiger partial charge in [-0.3, -0.25) is 14.4 Å². The van der Waals surface area contributed by atoms with Crippen molar-refractivity contribution in [1.82, 2.24) is 16.1 Å². The normalized spacial score (nSPS) is 11.5. The Kier molecular flexibility index (Phi) is 9.70. The first-order valence-electron chi connectivity index (χ1n) is 10.2. The van der Waals surface area contributed by atoms with Crippen LogP contribution in [-0.2, 0) is 20.9 Å². The lowest BCUT2D eigenvalue weighted by atomic mass is 10.2. The van der Waals surface area contributed by atoms with Gasteiger partial charge in [0.15, 0.2) is 18.1 Å². The van der Waals surface area contributed by atoms with Gasteiger partial charge >= 0.3 is 11.8 Å². The van der Waals surface area contributed by atoms with Crippen molar-refractivity contribution in [1.29, 1.82) is 0 Å². The van der Waals surface area contributed by atoms with Crippen LogP contribution in [0.1, 0.15) is 31.4 Å². The van der Waals surface area contributed by atoms with Crippen molar-refractivity contribution in [3.05, 3.63) is 59.7 Å². The van der Waals surface area contributed by atoms with Crippen LogP contribution >= 0.6 is 0 Å². The van der Waals surface area contributed by atoms with Crippen LogP contribution in [0.25, 0.3) is 0 Å². The van der Waals surface area contributed by atoms with E-state index in [2.05, 4.69) is 21.2 Å². The Hall–Kier alpha value is -3.88. The van der Waals surface area contributed by atoms with Crippen LogP contribution in [0.3, 0.4) is 0 Å². The molecule has 9 nitrogen and oxygen atoms in total. The van der Waals surface area contributed by atoms with Gasteiger partial charge in [0.2, 0.25) is 0 Å². The maximum absolute atomic E-state index is 12.2. The minimum atomic E-state index is -0.882. The Balaban J connectivity index is 1.97. The zero-order valence-electron chi connectivity index (χ0n) is 18.4. The summed E-state index contributed by atoms with van der Waals surface area (Å²) in [6, 6.07) is 14.4. The molecular weight excluding hydrogens is 412 g/mol. The van der Waals surface area contributed by atoms with Gasteiger partial charge in [0.05, 0.1) is 13.3 Å². The molecule has 0 unspecified atom stereocenters. The second-order valence-electron chi connectivity index (χ2n) is 6.91. The first kappa shape index (κ1) is 24.4. The number of ether oxygens (including phenoxy) is 2. The molecule has 0 aliphatic rings. The highest BCUT2D eigenvalue weighted by molar-refractivity contribution is 6.35. The minimum Gasteiger partial charge on any atom is -0.493 e. The van der Waals surface area contributed by atoms with E-state index < -0.39 is 11.8 Å². The summed E-state index contributed by atoms with van der Waals surface area (Å²) in [7, 11) is 1.47. The Bertz CT molecular complexity index is 947. The molecule has 0 saturated carbocycles. The third-order valence-corrected chi connectivity index (χ3v) is 4.48. The second kappa shape index (κ2) is 12.7. The van der Waals surface area contributed by atoms with Crippen LogP contribution in [0.4, 0.5) is 0 Å². The number of hydrazone groups is 1. The van der Waals surface area contributed by atoms with E-state index in [1.165, 1.54) is 13.3 Å². The van der Waals surface area contributed by atoms with Crippen molar-refractivity contribution >= 4 is 23.9 Å². The number of hydrogen-bond donors (Lipinski definition) is 3. The number of carbonyl (C=O) groups is 3. The Morgan fingerprint density at radius 2 is 1.81 bits per heavy atom. The number of rotatable bonds is 10. The second-order valence-corrected chi connectivity index (χ2v) is 6.91. The molecular formula is C23H28N4O5. The average molecular weight is 441 g/mol. The summed E-state index contributed by atoms with van der Waals surface area (Å²) >= 11 is 0. The van der Waals surface area contributed by atoms with E-state index in [-0.39, 0.29) is 24.3 Å². The van der Waals surface area contributed by atoms with Crippen molar-refractivity contribution < 1.29 is 23.9 Å². The Morgan fingerprint density at radius 3 is 2.50 bits per heavy atom. The molecule has 0 bridgehead atoms. The first-order chi connectivity index (χ1) is 15.4. The monoisotopic (exact) mass is 440 g/mol. The van der Waals surface area contributed by atoms with Gasteiger partial charge in [-0.2, -0.15) is 5.10 Å². The van der Waals surface area contributed by atoms with Gasteiger partial charge in [-0.25, -0.2) is 5.43 Å². The lowest BCUT2D eigenvalue weighted by Crippen LogP contribution is -2.41. The average Bonchev–Trinajstić information content (AvgIpc) is 2.81. The molecule has 9 heteroatoms. The maximum atomic E-state index is 12.2. The largest absolute Gasteiger partial charge is 0.493 e. The Labute approximate surface area is 187 Å². The van der Waals surface area contributed by atoms with Crippen molar-refractivity contribution in [2.75, 3.05) is 13.7 Å². The third kappa shape index (κ3) is 7.75. The number of carbonyl (C=O) groups excluding carboxylic acids is 3. The van der Waals surface area contributed by atoms with Gasteiger partial charge in [0.1, 0.15) is 0 Å². The maximum Gasteiger partial charge on any atom is 0.329 e. The van der Waals surface area contributed by atoms with Gasteiger partial charge < -0.3 is 20.1 Å². The van der Waals surface area contributed by atoms with Gasteiger partial charge in [-0.05, 0) is 31.0 Å². The van der Waals surface area contributed by atoms with Gasteiger partial charge in [0, 0.05) is 18.2 Å². The molecule has 0 saturated heterocycles. The predicted molar refractivity (Wildman–Crippen MR) is 120 cm³/mol. The minimum absolute atomic E-state index is 0.122. The van der Waals surface area contributed by atoms with Crippen molar-refractivity contribution in [3.8, 4) is 11.5 Å². The molecule has 0 spiro atoms. The fourth-order valence-electron chi connectivity index (χ4n) is 2.54. The number of methoxy groups -OCH3 is 1. The van der Waals surface area contributed by atoms with Gasteiger partial charge in [-0.15, -0.1) is 0 Å². The van der Waals surface area contributed by atoms with Crippen molar-refractivity contribution in [3.63, 3.8) is 0 Å². The number of hydrogen-bond acceptors (Lipinski definition) is 6. The number of amides is 3. The topological polar surface area (TPSA) is 118 Å². The summed E-state index contributed by atoms with van der Waals surface area (Å²) in [5, 5.41) is 9.14. The van der Waals surface area contributed by atoms with Gasteiger partial charge in [0.25, 0.3) is 5.91 Å². The summed E-state index contributed by atoms with van der Waals surface area (Å²) in [6.45, 7) is 3.84. The zero-order chi connectivity index (χ0) is 23.3. The SMILES string of the molecule is CC[C@H](C)NC(=O)C(=O)N/N=C\c1cccc(OC)c1OCC(=O)NCc1ccccc1. The summed E-state index contributed by atoms with van der Waals surface area (Å²) < 4.78 is 11.0. The molecule has 2 aromatic carbocycles. The van der Waals surface area contributed by atoms with Crippen LogP contribution in [0.2, 0.25) is 0 Å². The molecule has 0 aliphatic heterocycles. The zero-order valence-corrected chi connectivity index (χ0v) is 18.4. The summed E-state index contributed by atoms with van der Waals surface area (Å²) in [5.74, 6) is -1.28. The molecule has 1 atom stereocenters. The van der Waals surface area contributed by atoms with E-state index in [1.807, 2.05) is 37.3 Å². The molecule has 0 aliphatic carbocycles. The molecule has 2 rings (SSSR count). The highest BCUT2D eigenvalue weighted by Gasteiger charge is 2.15. The van der Waals surface area contributed by atoms with Gasteiger partial charge in [-0.1, -0.05) is 43.3 Å². The summed E-state index contributed by atoms with van der Waals surface area (Å²) in [5.41, 5.74) is 3.60. The van der Waals surface area contributed by atoms with Crippen molar-refractivity contribution in [2.45, 2.75) is 32.9 Å². The lowest BCUT2D eigenvalue weighted by molar-refractivity contribution is -0.139. The van der Waals surface area contributed by atoms with E-state index in [0.29, 0.717) is 24.3 Å². The predicted octanol–water partition coefficient (Wildman–Crippen LogP) is 1.76. The van der Waals surface area contributed by atoms with Crippen LogP contribution in [0.5, 0.6) is 11.5 Å². The number of para-hydroxylation sites is 1. The number of nitrogens with zero attached hydrogens (tertiary/aromatic N) is 1. The number of benzene rings is 2. The van der Waals surface area contributed by atoms with E-state index in [0.717, 1.165) is 5.56 Å². The van der Waals surface area contributed by atoms with Crippen LogP contribution in [0, 0.1) is 0 Å². The van der Waals surface area contributed by atoms with E-state index in [9.17, 15) is 14.4 Å². The Morgan fingerprint density at radius 1 is 1.06 bits per heavy atom. The highest BCUT2D eigenvalue weighted by atomic mass is 16.5. The van der Waals surface area contributed by atoms with E-state index >= 15 is 0 Å². The molecule has 170 valence electrons. The fourth-order valence-corrected chi connectivity index (χ4v) is 2.54. The molecule has 0 radical (unpaired) electrons. The third-order valence-electron chi connectivity index (χ3n) is 4.48. The van der Waals surface area contributed by atoms with E-state index in [4.69, 9.17) is 9.47 Å². The molecule has 0 fully saturated rings. The first-order valence-corrected chi connectivity index (χ1v) is 10.2.